The summed E-state index contributed by atoms with van der Waals surface area (Å²) >= 11 is 0. The van der Waals surface area contributed by atoms with E-state index in [-0.39, 0.29) is 22.8 Å². The first-order valence-electron chi connectivity index (χ1n) is 7.44. The van der Waals surface area contributed by atoms with Crippen molar-refractivity contribution in [1.82, 2.24) is 9.62 Å². The van der Waals surface area contributed by atoms with Crippen molar-refractivity contribution in [2.75, 3.05) is 27.2 Å². The number of hydrogen-bond acceptors (Lipinski definition) is 5. The number of ether oxygens (including phenoxy) is 1. The molecule has 1 saturated heterocycles. The van der Waals surface area contributed by atoms with Crippen LogP contribution in [0.1, 0.15) is 23.2 Å². The highest BCUT2D eigenvalue weighted by molar-refractivity contribution is 7.89. The van der Waals surface area contributed by atoms with Crippen LogP contribution in [0.5, 0.6) is 5.75 Å². The van der Waals surface area contributed by atoms with Crippen LogP contribution in [0.4, 0.5) is 0 Å². The van der Waals surface area contributed by atoms with Gasteiger partial charge in [-0.25, -0.2) is 13.1 Å². The van der Waals surface area contributed by atoms with Crippen molar-refractivity contribution < 1.29 is 27.9 Å². The molecule has 1 heterocycles. The molecule has 0 bridgehead atoms. The van der Waals surface area contributed by atoms with Crippen molar-refractivity contribution in [1.29, 1.82) is 0 Å². The van der Waals surface area contributed by atoms with Gasteiger partial charge in [-0.2, -0.15) is 0 Å². The van der Waals surface area contributed by atoms with Gasteiger partial charge in [-0.3, -0.25) is 9.59 Å². The second-order valence-corrected chi connectivity index (χ2v) is 7.36. The lowest BCUT2D eigenvalue weighted by Gasteiger charge is -2.30. The number of carboxylic acid groups (broad SMARTS) is 1. The maximum absolute atomic E-state index is 12.6. The number of hydrogen-bond donors (Lipinski definition) is 2. The van der Waals surface area contributed by atoms with Crippen LogP contribution in [0.2, 0.25) is 0 Å². The highest BCUT2D eigenvalue weighted by Crippen LogP contribution is 2.26. The Bertz CT molecular complexity index is 746. The minimum atomic E-state index is -3.79. The highest BCUT2D eigenvalue weighted by Gasteiger charge is 2.29. The molecule has 0 saturated carbocycles. The average molecular weight is 356 g/mol. The lowest BCUT2D eigenvalue weighted by molar-refractivity contribution is -0.143. The van der Waals surface area contributed by atoms with E-state index in [0.29, 0.717) is 19.4 Å². The number of carboxylic acids is 1. The first-order chi connectivity index (χ1) is 11.3. The number of nitrogens with zero attached hydrogens (tertiary/aromatic N) is 1. The van der Waals surface area contributed by atoms with Crippen LogP contribution in [0.3, 0.4) is 0 Å². The zero-order chi connectivity index (χ0) is 17.9. The molecule has 0 radical (unpaired) electrons. The van der Waals surface area contributed by atoms with E-state index >= 15 is 0 Å². The second kappa shape index (κ2) is 7.18. The summed E-state index contributed by atoms with van der Waals surface area (Å²) in [6.45, 7) is 0.567. The fraction of sp³-hybridized carbons (Fsp3) is 0.467. The Hall–Kier alpha value is -2.13. The number of benzene rings is 1. The topological polar surface area (TPSA) is 113 Å². The normalized spacial score (nSPS) is 18.2. The van der Waals surface area contributed by atoms with E-state index < -0.39 is 27.8 Å². The Morgan fingerprint density at radius 3 is 2.67 bits per heavy atom. The quantitative estimate of drug-likeness (QED) is 0.796. The van der Waals surface area contributed by atoms with Gasteiger partial charge in [0.15, 0.2) is 0 Å². The summed E-state index contributed by atoms with van der Waals surface area (Å²) < 4.78 is 31.4. The standard InChI is InChI=1S/C15H20N2O6S/c1-16-24(21,22)13-8-10(5-6-12(13)23-2)14(18)17-7-3-4-11(9-17)15(19)20/h5-6,8,11,16H,3-4,7,9H2,1-2H3,(H,19,20). The fourth-order valence-electron chi connectivity index (χ4n) is 2.68. The third-order valence-corrected chi connectivity index (χ3v) is 5.46. The lowest BCUT2D eigenvalue weighted by Crippen LogP contribution is -2.42. The van der Waals surface area contributed by atoms with Crippen LogP contribution in [0, 0.1) is 5.92 Å². The summed E-state index contributed by atoms with van der Waals surface area (Å²) in [5.41, 5.74) is 0.177. The molecular weight excluding hydrogens is 336 g/mol. The van der Waals surface area contributed by atoms with Crippen molar-refractivity contribution in [3.05, 3.63) is 23.8 Å². The third kappa shape index (κ3) is 3.68. The molecule has 132 valence electrons. The number of piperidine rings is 1. The van der Waals surface area contributed by atoms with Crippen molar-refractivity contribution >= 4 is 21.9 Å². The van der Waals surface area contributed by atoms with E-state index in [1.807, 2.05) is 0 Å². The Kier molecular flexibility index (Phi) is 5.45. The second-order valence-electron chi connectivity index (χ2n) is 5.50. The fourth-order valence-corrected chi connectivity index (χ4v) is 3.59. The van der Waals surface area contributed by atoms with E-state index in [4.69, 9.17) is 9.84 Å². The molecule has 9 heteroatoms. The van der Waals surface area contributed by atoms with E-state index in [9.17, 15) is 18.0 Å². The van der Waals surface area contributed by atoms with Crippen molar-refractivity contribution in [3.63, 3.8) is 0 Å². The number of methoxy groups -OCH3 is 1. The van der Waals surface area contributed by atoms with E-state index in [1.165, 1.54) is 37.3 Å². The zero-order valence-electron chi connectivity index (χ0n) is 13.5. The summed E-state index contributed by atoms with van der Waals surface area (Å²) in [5.74, 6) is -1.79. The number of aliphatic carboxylic acids is 1. The molecule has 1 aromatic carbocycles. The summed E-state index contributed by atoms with van der Waals surface area (Å²) in [6.07, 6.45) is 1.13. The van der Waals surface area contributed by atoms with Crippen LogP contribution in [0.25, 0.3) is 0 Å². The third-order valence-electron chi connectivity index (χ3n) is 4.03. The molecule has 24 heavy (non-hydrogen) atoms. The molecule has 1 fully saturated rings. The molecule has 1 atom stereocenters. The van der Waals surface area contributed by atoms with Crippen molar-refractivity contribution in [2.24, 2.45) is 5.92 Å². The maximum Gasteiger partial charge on any atom is 0.308 e. The van der Waals surface area contributed by atoms with Crippen molar-refractivity contribution in [2.45, 2.75) is 17.7 Å². The summed E-state index contributed by atoms with van der Waals surface area (Å²) in [7, 11) is -1.18. The monoisotopic (exact) mass is 356 g/mol. The Morgan fingerprint density at radius 2 is 2.08 bits per heavy atom. The molecule has 0 aromatic heterocycles. The maximum atomic E-state index is 12.6. The summed E-state index contributed by atoms with van der Waals surface area (Å²) in [6, 6.07) is 4.13. The first-order valence-corrected chi connectivity index (χ1v) is 8.92. The van der Waals surface area contributed by atoms with Gasteiger partial charge >= 0.3 is 5.97 Å². The zero-order valence-corrected chi connectivity index (χ0v) is 14.3. The average Bonchev–Trinajstić information content (AvgIpc) is 2.60. The van der Waals surface area contributed by atoms with Gasteiger partial charge in [0, 0.05) is 18.7 Å². The predicted octanol–water partition coefficient (Wildman–Crippen LogP) is 0.540. The summed E-state index contributed by atoms with van der Waals surface area (Å²) in [5, 5.41) is 9.12. The minimum Gasteiger partial charge on any atom is -0.495 e. The van der Waals surface area contributed by atoms with Gasteiger partial charge in [0.1, 0.15) is 10.6 Å². The number of nitrogens with one attached hydrogen (secondary N) is 1. The summed E-state index contributed by atoms with van der Waals surface area (Å²) in [4.78, 5) is 25.0. The minimum absolute atomic E-state index is 0.119. The van der Waals surface area contributed by atoms with E-state index in [0.717, 1.165) is 0 Å². The Labute approximate surface area is 140 Å². The smallest absolute Gasteiger partial charge is 0.308 e. The molecule has 1 aliphatic rings. The van der Waals surface area contributed by atoms with Gasteiger partial charge in [0.05, 0.1) is 13.0 Å². The van der Waals surface area contributed by atoms with Crippen LogP contribution in [-0.4, -0.2) is 57.5 Å². The number of carbonyl (C=O) groups excluding carboxylic acids is 1. The van der Waals surface area contributed by atoms with Gasteiger partial charge in [0.25, 0.3) is 5.91 Å². The molecule has 2 N–H and O–H groups in total. The van der Waals surface area contributed by atoms with Gasteiger partial charge in [0.2, 0.25) is 10.0 Å². The van der Waals surface area contributed by atoms with Gasteiger partial charge in [-0.15, -0.1) is 0 Å². The number of amides is 1. The number of likely N-dealkylation sites (tertiary alicyclic amines) is 1. The largest absolute Gasteiger partial charge is 0.495 e. The molecule has 1 unspecified atom stereocenters. The van der Waals surface area contributed by atoms with E-state index in [1.54, 1.807) is 0 Å². The molecule has 1 aromatic rings. The molecule has 2 rings (SSSR count). The number of carbonyl (C=O) groups is 2. The van der Waals surface area contributed by atoms with Gasteiger partial charge in [-0.1, -0.05) is 0 Å². The van der Waals surface area contributed by atoms with Crippen LogP contribution < -0.4 is 9.46 Å². The first kappa shape index (κ1) is 18.2. The van der Waals surface area contributed by atoms with Crippen LogP contribution in [0.15, 0.2) is 23.1 Å². The van der Waals surface area contributed by atoms with E-state index in [2.05, 4.69) is 4.72 Å². The molecule has 0 spiro atoms. The molecule has 0 aliphatic carbocycles. The van der Waals surface area contributed by atoms with Crippen LogP contribution in [-0.2, 0) is 14.8 Å². The Balaban J connectivity index is 2.33. The molecule has 8 nitrogen and oxygen atoms in total. The molecular formula is C15H20N2O6S. The highest BCUT2D eigenvalue weighted by atomic mass is 32.2. The van der Waals surface area contributed by atoms with Crippen LogP contribution >= 0.6 is 0 Å². The lowest BCUT2D eigenvalue weighted by atomic mass is 9.97. The predicted molar refractivity (Wildman–Crippen MR) is 85.5 cm³/mol. The number of sulfonamides is 1. The molecule has 1 amide bonds. The molecule has 1 aliphatic heterocycles. The SMILES string of the molecule is CNS(=O)(=O)c1cc(C(=O)N2CCCC(C(=O)O)C2)ccc1OC. The Morgan fingerprint density at radius 1 is 1.38 bits per heavy atom. The van der Waals surface area contributed by atoms with Crippen molar-refractivity contribution in [3.8, 4) is 5.75 Å². The number of rotatable bonds is 5. The van der Waals surface area contributed by atoms with Gasteiger partial charge < -0.3 is 14.7 Å². The van der Waals surface area contributed by atoms with Gasteiger partial charge in [-0.05, 0) is 38.1 Å².